The van der Waals surface area contributed by atoms with Gasteiger partial charge in [0.15, 0.2) is 0 Å². The van der Waals surface area contributed by atoms with Gasteiger partial charge >= 0.3 is 0 Å². The SMILES string of the molecule is O[C@@H]1/C=C\C=C\CCN2C[C@@H]3C=C4CCCCCCCCCC/C=C\CCN5CC[C@H]3[C@](C1)(C5)[C@@H]42. The molecule has 0 radical (unpaired) electrons. The summed E-state index contributed by atoms with van der Waals surface area (Å²) in [5.74, 6) is 1.40. The first-order valence-electron chi connectivity index (χ1n) is 15.1. The number of piperidine rings is 2. The lowest BCUT2D eigenvalue weighted by Crippen LogP contribution is -2.69. The monoisotopic (exact) mass is 478 g/mol. The van der Waals surface area contributed by atoms with Gasteiger partial charge in [0.25, 0.3) is 0 Å². The first-order valence-corrected chi connectivity index (χ1v) is 15.1. The summed E-state index contributed by atoms with van der Waals surface area (Å²) in [6.07, 6.45) is 34.1. The summed E-state index contributed by atoms with van der Waals surface area (Å²) in [6, 6.07) is 0.521. The van der Waals surface area contributed by atoms with Crippen LogP contribution >= 0.6 is 0 Å². The second kappa shape index (κ2) is 12.4. The van der Waals surface area contributed by atoms with E-state index >= 15 is 0 Å². The quantitative estimate of drug-likeness (QED) is 0.394. The van der Waals surface area contributed by atoms with E-state index in [1.807, 2.05) is 0 Å². The molecule has 1 N–H and O–H groups in total. The van der Waals surface area contributed by atoms with Crippen molar-refractivity contribution >= 4 is 0 Å². The number of aliphatic hydroxyl groups is 1. The summed E-state index contributed by atoms with van der Waals surface area (Å²) in [4.78, 5) is 5.62. The third-order valence-corrected chi connectivity index (χ3v) is 9.78. The topological polar surface area (TPSA) is 26.7 Å². The molecule has 5 heterocycles. The average Bonchev–Trinajstić information content (AvgIpc) is 2.87. The van der Waals surface area contributed by atoms with E-state index in [1.54, 1.807) is 5.57 Å². The van der Waals surface area contributed by atoms with Crippen molar-refractivity contribution in [3.8, 4) is 0 Å². The lowest BCUT2D eigenvalue weighted by atomic mass is 9.51. The molecule has 2 unspecified atom stereocenters. The van der Waals surface area contributed by atoms with Crippen LogP contribution in [0.4, 0.5) is 0 Å². The van der Waals surface area contributed by atoms with Crippen LogP contribution in [0.2, 0.25) is 0 Å². The van der Waals surface area contributed by atoms with Gasteiger partial charge in [0.2, 0.25) is 0 Å². The first-order chi connectivity index (χ1) is 17.3. The lowest BCUT2D eigenvalue weighted by Gasteiger charge is -2.64. The molecule has 3 heteroatoms. The van der Waals surface area contributed by atoms with Crippen molar-refractivity contribution in [1.29, 1.82) is 0 Å². The van der Waals surface area contributed by atoms with Crippen molar-refractivity contribution in [1.82, 2.24) is 9.80 Å². The number of nitrogens with zero attached hydrogens (tertiary/aromatic N) is 2. The van der Waals surface area contributed by atoms with Crippen LogP contribution in [0.15, 0.2) is 48.1 Å². The first kappa shape index (κ1) is 25.5. The van der Waals surface area contributed by atoms with Gasteiger partial charge in [0.1, 0.15) is 0 Å². The second-order valence-electron chi connectivity index (χ2n) is 12.2. The molecular formula is C32H50N2O. The number of fused-ring (bicyclic) bond motifs is 1. The molecule has 1 spiro atoms. The Morgan fingerprint density at radius 1 is 0.800 bits per heavy atom. The summed E-state index contributed by atoms with van der Waals surface area (Å²) in [5.41, 5.74) is 1.92. The van der Waals surface area contributed by atoms with Crippen LogP contribution in [0.5, 0.6) is 0 Å². The van der Waals surface area contributed by atoms with Crippen LogP contribution in [0.3, 0.4) is 0 Å². The molecule has 194 valence electrons. The average molecular weight is 479 g/mol. The van der Waals surface area contributed by atoms with Crippen molar-refractivity contribution < 1.29 is 5.11 Å². The molecule has 35 heavy (non-hydrogen) atoms. The van der Waals surface area contributed by atoms with Crippen molar-refractivity contribution in [3.63, 3.8) is 0 Å². The fourth-order valence-corrected chi connectivity index (χ4v) is 8.33. The molecule has 0 amide bonds. The zero-order valence-corrected chi connectivity index (χ0v) is 22.1. The van der Waals surface area contributed by atoms with Crippen LogP contribution in [0.25, 0.3) is 0 Å². The fraction of sp³-hybridized carbons (Fsp3) is 0.750. The van der Waals surface area contributed by atoms with Gasteiger partial charge in [0, 0.05) is 37.6 Å². The maximum atomic E-state index is 11.2. The van der Waals surface area contributed by atoms with Gasteiger partial charge < -0.3 is 10.0 Å². The Balaban J connectivity index is 1.43. The van der Waals surface area contributed by atoms with E-state index in [2.05, 4.69) is 52.3 Å². The summed E-state index contributed by atoms with van der Waals surface area (Å²) < 4.78 is 0. The summed E-state index contributed by atoms with van der Waals surface area (Å²) in [7, 11) is 0. The minimum absolute atomic E-state index is 0.186. The highest BCUT2D eigenvalue weighted by Crippen LogP contribution is 2.57. The van der Waals surface area contributed by atoms with E-state index in [0.29, 0.717) is 12.0 Å². The number of aliphatic hydroxyl groups excluding tert-OH is 1. The second-order valence-corrected chi connectivity index (χ2v) is 12.2. The molecule has 0 saturated carbocycles. The van der Waals surface area contributed by atoms with Crippen LogP contribution in [-0.4, -0.2) is 59.8 Å². The van der Waals surface area contributed by atoms with E-state index in [4.69, 9.17) is 0 Å². The maximum Gasteiger partial charge on any atom is 0.0730 e. The molecule has 6 bridgehead atoms. The largest absolute Gasteiger partial charge is 0.389 e. The highest BCUT2D eigenvalue weighted by atomic mass is 16.3. The fourth-order valence-electron chi connectivity index (χ4n) is 8.33. The smallest absolute Gasteiger partial charge is 0.0730 e. The van der Waals surface area contributed by atoms with Gasteiger partial charge in [-0.15, -0.1) is 0 Å². The zero-order valence-electron chi connectivity index (χ0n) is 22.1. The lowest BCUT2D eigenvalue weighted by molar-refractivity contribution is -0.120. The van der Waals surface area contributed by atoms with Crippen LogP contribution in [0, 0.1) is 17.3 Å². The van der Waals surface area contributed by atoms with E-state index in [1.165, 1.54) is 103 Å². The third kappa shape index (κ3) is 6.05. The van der Waals surface area contributed by atoms with E-state index in [0.717, 1.165) is 25.3 Å². The van der Waals surface area contributed by atoms with Crippen LogP contribution in [0.1, 0.15) is 89.9 Å². The van der Waals surface area contributed by atoms with E-state index < -0.39 is 0 Å². The summed E-state index contributed by atoms with van der Waals surface area (Å²) in [5, 5.41) is 11.2. The molecule has 0 aromatic rings. The predicted octanol–water partition coefficient (Wildman–Crippen LogP) is 6.66. The zero-order chi connectivity index (χ0) is 23.9. The molecule has 0 aromatic heterocycles. The van der Waals surface area contributed by atoms with Crippen LogP contribution in [-0.2, 0) is 0 Å². The number of hydrogen-bond acceptors (Lipinski definition) is 3. The van der Waals surface area contributed by atoms with Crippen LogP contribution < -0.4 is 0 Å². The summed E-state index contributed by atoms with van der Waals surface area (Å²) >= 11 is 0. The van der Waals surface area contributed by atoms with Gasteiger partial charge in [0.05, 0.1) is 6.10 Å². The molecule has 0 aromatic carbocycles. The molecule has 6 rings (SSSR count). The maximum absolute atomic E-state index is 11.2. The minimum Gasteiger partial charge on any atom is -0.389 e. The number of hydrogen-bond donors (Lipinski definition) is 1. The van der Waals surface area contributed by atoms with Crippen molar-refractivity contribution in [3.05, 3.63) is 48.1 Å². The van der Waals surface area contributed by atoms with Gasteiger partial charge in [-0.25, -0.2) is 0 Å². The van der Waals surface area contributed by atoms with Gasteiger partial charge in [-0.2, -0.15) is 0 Å². The Kier molecular flexibility index (Phi) is 9.02. The molecule has 1 aliphatic carbocycles. The molecule has 3 nitrogen and oxygen atoms in total. The van der Waals surface area contributed by atoms with Gasteiger partial charge in [-0.1, -0.05) is 86.6 Å². The molecule has 2 saturated heterocycles. The van der Waals surface area contributed by atoms with E-state index in [9.17, 15) is 5.11 Å². The van der Waals surface area contributed by atoms with Crippen molar-refractivity contribution in [2.45, 2.75) is 102 Å². The molecular weight excluding hydrogens is 428 g/mol. The Hall–Kier alpha value is -1.16. The number of allylic oxidation sites excluding steroid dienone is 3. The van der Waals surface area contributed by atoms with Gasteiger partial charge in [-0.05, 0) is 69.7 Å². The minimum atomic E-state index is -0.343. The Labute approximate surface area is 215 Å². The molecule has 5 aliphatic heterocycles. The third-order valence-electron chi connectivity index (χ3n) is 9.78. The number of rotatable bonds is 0. The Morgan fingerprint density at radius 2 is 1.57 bits per heavy atom. The Bertz CT molecular complexity index is 797. The predicted molar refractivity (Wildman–Crippen MR) is 147 cm³/mol. The van der Waals surface area contributed by atoms with Crippen molar-refractivity contribution in [2.75, 3.05) is 32.7 Å². The molecule has 2 fully saturated rings. The molecule has 7 atom stereocenters. The Morgan fingerprint density at radius 3 is 2.46 bits per heavy atom. The van der Waals surface area contributed by atoms with E-state index in [-0.39, 0.29) is 11.5 Å². The van der Waals surface area contributed by atoms with Crippen molar-refractivity contribution in [2.24, 2.45) is 17.3 Å². The van der Waals surface area contributed by atoms with Gasteiger partial charge in [-0.3, -0.25) is 4.90 Å². The summed E-state index contributed by atoms with van der Waals surface area (Å²) in [6.45, 7) is 5.98. The highest BCUT2D eigenvalue weighted by Gasteiger charge is 2.59. The molecule has 6 aliphatic rings. The normalized spacial score (nSPS) is 44.1. The highest BCUT2D eigenvalue weighted by molar-refractivity contribution is 5.31. The standard InChI is InChI=1S/C32H50N2O/c35-29-18-14-10-12-16-21-34-25-28-23-27-17-13-9-7-5-3-1-2-4-6-8-11-15-20-33-22-19-30(28)32(24-29,26-33)31(27)34/h8,10-12,14,18,23,28-31,35H,1-7,9,13,15-17,19-22,24-26H2/b11-8-,12-10+,18-14-/t28-,29+,30+,31+,32-/m0/s1.